The summed E-state index contributed by atoms with van der Waals surface area (Å²) in [5.74, 6) is -0.755. The van der Waals surface area contributed by atoms with Crippen LogP contribution in [0.2, 0.25) is 0 Å². The van der Waals surface area contributed by atoms with Gasteiger partial charge in [0, 0.05) is 19.0 Å². The molecule has 0 radical (unpaired) electrons. The van der Waals surface area contributed by atoms with Crippen LogP contribution >= 0.6 is 0 Å². The maximum atomic E-state index is 12.5. The molecule has 2 unspecified atom stereocenters. The second-order valence-electron chi connectivity index (χ2n) is 7.21. The van der Waals surface area contributed by atoms with Crippen LogP contribution in [0, 0.1) is 22.7 Å². The second-order valence-corrected chi connectivity index (χ2v) is 7.21. The lowest BCUT2D eigenvalue weighted by Gasteiger charge is -2.32. The van der Waals surface area contributed by atoms with Gasteiger partial charge in [-0.05, 0) is 17.8 Å². The Hall–Kier alpha value is -1.06. The summed E-state index contributed by atoms with van der Waals surface area (Å²) in [5, 5.41) is 9.49. The summed E-state index contributed by atoms with van der Waals surface area (Å²) in [6.07, 6.45) is 0.558. The van der Waals surface area contributed by atoms with Gasteiger partial charge in [-0.15, -0.1) is 0 Å². The van der Waals surface area contributed by atoms with Crippen LogP contribution in [0.25, 0.3) is 0 Å². The first-order valence-corrected chi connectivity index (χ1v) is 7.04. The maximum absolute atomic E-state index is 12.5. The van der Waals surface area contributed by atoms with E-state index in [1.807, 2.05) is 41.5 Å². The Morgan fingerprint density at radius 1 is 1.21 bits per heavy atom. The van der Waals surface area contributed by atoms with Gasteiger partial charge < -0.3 is 10.0 Å². The Balaban J connectivity index is 2.86. The SMILES string of the molecule is CC(C(=O)N1CCC(C(=O)O)(C(C)C)C1)C(C)(C)C. The van der Waals surface area contributed by atoms with Gasteiger partial charge in [0.15, 0.2) is 0 Å². The van der Waals surface area contributed by atoms with Crippen LogP contribution in [0.3, 0.4) is 0 Å². The quantitative estimate of drug-likeness (QED) is 0.857. The van der Waals surface area contributed by atoms with Crippen molar-refractivity contribution < 1.29 is 14.7 Å². The van der Waals surface area contributed by atoms with Crippen molar-refractivity contribution in [1.29, 1.82) is 0 Å². The van der Waals surface area contributed by atoms with E-state index in [9.17, 15) is 14.7 Å². The van der Waals surface area contributed by atoms with Crippen LogP contribution in [0.1, 0.15) is 48.0 Å². The monoisotopic (exact) mass is 269 g/mol. The van der Waals surface area contributed by atoms with Crippen LogP contribution < -0.4 is 0 Å². The Bertz CT molecular complexity index is 370. The predicted octanol–water partition coefficient (Wildman–Crippen LogP) is 2.63. The zero-order valence-electron chi connectivity index (χ0n) is 13.0. The molecule has 0 saturated carbocycles. The average Bonchev–Trinajstić information content (AvgIpc) is 2.71. The van der Waals surface area contributed by atoms with Gasteiger partial charge in [-0.2, -0.15) is 0 Å². The lowest BCUT2D eigenvalue weighted by molar-refractivity contribution is -0.151. The Labute approximate surface area is 116 Å². The number of carboxylic acids is 1. The normalized spacial score (nSPS) is 25.7. The molecule has 4 nitrogen and oxygen atoms in total. The van der Waals surface area contributed by atoms with E-state index in [0.717, 1.165) is 0 Å². The molecule has 1 aliphatic rings. The first-order chi connectivity index (χ1) is 8.52. The molecule has 1 fully saturated rings. The van der Waals surface area contributed by atoms with Gasteiger partial charge in [-0.25, -0.2) is 0 Å². The highest BCUT2D eigenvalue weighted by molar-refractivity contribution is 5.82. The highest BCUT2D eigenvalue weighted by atomic mass is 16.4. The molecule has 1 aliphatic heterocycles. The molecule has 1 heterocycles. The number of rotatable bonds is 3. The largest absolute Gasteiger partial charge is 0.481 e. The van der Waals surface area contributed by atoms with E-state index in [-0.39, 0.29) is 23.2 Å². The lowest BCUT2D eigenvalue weighted by atomic mass is 9.76. The fraction of sp³-hybridized carbons (Fsp3) is 0.867. The van der Waals surface area contributed by atoms with Crippen LogP contribution in [-0.2, 0) is 9.59 Å². The van der Waals surface area contributed by atoms with Gasteiger partial charge in [0.25, 0.3) is 0 Å². The molecule has 0 aromatic heterocycles. The van der Waals surface area contributed by atoms with E-state index in [4.69, 9.17) is 0 Å². The first kappa shape index (κ1) is 16.0. The van der Waals surface area contributed by atoms with Crippen LogP contribution in [0.5, 0.6) is 0 Å². The molecule has 110 valence electrons. The number of carbonyl (C=O) groups excluding carboxylic acids is 1. The molecule has 1 amide bonds. The summed E-state index contributed by atoms with van der Waals surface area (Å²) in [6, 6.07) is 0. The molecule has 1 saturated heterocycles. The Morgan fingerprint density at radius 2 is 1.74 bits per heavy atom. The molecule has 4 heteroatoms. The molecule has 1 N–H and O–H groups in total. The van der Waals surface area contributed by atoms with Crippen molar-refractivity contribution in [3.05, 3.63) is 0 Å². The molecule has 0 aromatic carbocycles. The first-order valence-electron chi connectivity index (χ1n) is 7.04. The molecular formula is C15H27NO3. The van der Waals surface area contributed by atoms with Crippen molar-refractivity contribution in [2.24, 2.45) is 22.7 Å². The highest BCUT2D eigenvalue weighted by Crippen LogP contribution is 2.39. The molecule has 1 rings (SSSR count). The van der Waals surface area contributed by atoms with Gasteiger partial charge in [0.2, 0.25) is 5.91 Å². The number of amides is 1. The lowest BCUT2D eigenvalue weighted by Crippen LogP contribution is -2.43. The zero-order chi connectivity index (χ0) is 15.0. The average molecular weight is 269 g/mol. The topological polar surface area (TPSA) is 57.6 Å². The van der Waals surface area contributed by atoms with Gasteiger partial charge in [0.05, 0.1) is 5.41 Å². The van der Waals surface area contributed by atoms with Gasteiger partial charge in [-0.1, -0.05) is 41.5 Å². The van der Waals surface area contributed by atoms with E-state index in [1.54, 1.807) is 4.90 Å². The Kier molecular flexibility index (Phi) is 4.33. The summed E-state index contributed by atoms with van der Waals surface area (Å²) >= 11 is 0. The summed E-state index contributed by atoms with van der Waals surface area (Å²) in [4.78, 5) is 25.8. The van der Waals surface area contributed by atoms with Crippen molar-refractivity contribution in [3.63, 3.8) is 0 Å². The van der Waals surface area contributed by atoms with Crippen molar-refractivity contribution in [1.82, 2.24) is 4.90 Å². The van der Waals surface area contributed by atoms with Gasteiger partial charge in [-0.3, -0.25) is 9.59 Å². The summed E-state index contributed by atoms with van der Waals surface area (Å²) in [7, 11) is 0. The van der Waals surface area contributed by atoms with Crippen LogP contribution in [0.15, 0.2) is 0 Å². The fourth-order valence-corrected chi connectivity index (χ4v) is 2.56. The smallest absolute Gasteiger partial charge is 0.311 e. The molecule has 2 atom stereocenters. The van der Waals surface area contributed by atoms with Gasteiger partial charge >= 0.3 is 5.97 Å². The van der Waals surface area contributed by atoms with Crippen molar-refractivity contribution in [2.75, 3.05) is 13.1 Å². The van der Waals surface area contributed by atoms with Crippen molar-refractivity contribution in [3.8, 4) is 0 Å². The molecule has 19 heavy (non-hydrogen) atoms. The third-order valence-electron chi connectivity index (χ3n) is 4.81. The third-order valence-corrected chi connectivity index (χ3v) is 4.81. The maximum Gasteiger partial charge on any atom is 0.311 e. The Morgan fingerprint density at radius 3 is 2.05 bits per heavy atom. The summed E-state index contributed by atoms with van der Waals surface area (Å²) < 4.78 is 0. The molecular weight excluding hydrogens is 242 g/mol. The number of nitrogens with zero attached hydrogens (tertiary/aromatic N) is 1. The number of likely N-dealkylation sites (tertiary alicyclic amines) is 1. The summed E-state index contributed by atoms with van der Waals surface area (Å²) in [6.45, 7) is 12.8. The summed E-state index contributed by atoms with van der Waals surface area (Å²) in [5.41, 5.74) is -0.864. The third kappa shape index (κ3) is 2.93. The number of carboxylic acid groups (broad SMARTS) is 1. The van der Waals surface area contributed by atoms with Gasteiger partial charge in [0.1, 0.15) is 0 Å². The van der Waals surface area contributed by atoms with Crippen molar-refractivity contribution in [2.45, 2.75) is 48.0 Å². The predicted molar refractivity (Wildman–Crippen MR) is 74.7 cm³/mol. The van der Waals surface area contributed by atoms with E-state index >= 15 is 0 Å². The number of hydrogen-bond donors (Lipinski definition) is 1. The van der Waals surface area contributed by atoms with Crippen molar-refractivity contribution >= 4 is 11.9 Å². The minimum absolute atomic E-state index is 0.0349. The molecule has 0 aromatic rings. The minimum atomic E-state index is -0.777. The van der Waals surface area contributed by atoms with E-state index < -0.39 is 11.4 Å². The molecule has 0 spiro atoms. The number of aliphatic carboxylic acids is 1. The van der Waals surface area contributed by atoms with E-state index in [2.05, 4.69) is 0 Å². The fourth-order valence-electron chi connectivity index (χ4n) is 2.56. The van der Waals surface area contributed by atoms with Crippen LogP contribution in [-0.4, -0.2) is 35.0 Å². The molecule has 0 bridgehead atoms. The minimum Gasteiger partial charge on any atom is -0.481 e. The highest BCUT2D eigenvalue weighted by Gasteiger charge is 2.49. The number of carbonyl (C=O) groups is 2. The second kappa shape index (κ2) is 5.14. The number of hydrogen-bond acceptors (Lipinski definition) is 2. The zero-order valence-corrected chi connectivity index (χ0v) is 13.0. The molecule has 0 aliphatic carbocycles. The van der Waals surface area contributed by atoms with Crippen LogP contribution in [0.4, 0.5) is 0 Å². The standard InChI is InChI=1S/C15H27NO3/c1-10(2)15(13(18)19)7-8-16(9-15)12(17)11(3)14(4,5)6/h10-11H,7-9H2,1-6H3,(H,18,19). The van der Waals surface area contributed by atoms with E-state index in [1.165, 1.54) is 0 Å². The van der Waals surface area contributed by atoms with E-state index in [0.29, 0.717) is 19.5 Å².